The predicted octanol–water partition coefficient (Wildman–Crippen LogP) is 3.46. The average Bonchev–Trinajstić information content (AvgIpc) is 1.84. The average molecular weight is 242 g/mol. The van der Waals surface area contributed by atoms with E-state index in [4.69, 9.17) is 28.3 Å². The lowest BCUT2D eigenvalue weighted by Gasteiger charge is -1.98. The van der Waals surface area contributed by atoms with Crippen LogP contribution >= 0.6 is 39.1 Å². The number of phenolic OH excluding ortho intramolecular Hbond substituents is 1. The van der Waals surface area contributed by atoms with Gasteiger partial charge in [-0.05, 0) is 28.1 Å². The zero-order valence-electron chi connectivity index (χ0n) is 4.74. The molecule has 0 amide bonds. The highest BCUT2D eigenvalue weighted by Gasteiger charge is 2.02. The van der Waals surface area contributed by atoms with E-state index in [1.54, 1.807) is 0 Å². The van der Waals surface area contributed by atoms with E-state index in [-0.39, 0.29) is 10.8 Å². The normalized spacial score (nSPS) is 9.90. The molecule has 0 atom stereocenters. The Kier molecular flexibility index (Phi) is 2.45. The summed E-state index contributed by atoms with van der Waals surface area (Å²) in [7, 11) is 0. The molecule has 0 aromatic heterocycles. The molecule has 0 radical (unpaired) electrons. The first-order chi connectivity index (χ1) is 4.61. The molecule has 0 aliphatic rings. The van der Waals surface area contributed by atoms with Gasteiger partial charge in [-0.25, -0.2) is 0 Å². The van der Waals surface area contributed by atoms with Crippen LogP contribution in [0.3, 0.4) is 0 Å². The lowest BCUT2D eigenvalue weighted by atomic mass is 10.3. The molecular weight excluding hydrogens is 239 g/mol. The quantitative estimate of drug-likeness (QED) is 0.690. The first-order valence-electron chi connectivity index (χ1n) is 2.45. The maximum absolute atomic E-state index is 9.00. The molecule has 0 bridgehead atoms. The van der Waals surface area contributed by atoms with Crippen molar-refractivity contribution in [2.45, 2.75) is 0 Å². The Bertz CT molecular complexity index is 212. The molecule has 0 aliphatic heterocycles. The van der Waals surface area contributed by atoms with Gasteiger partial charge in [-0.1, -0.05) is 23.2 Å². The Hall–Kier alpha value is 0.0800. The van der Waals surface area contributed by atoms with Crippen LogP contribution in [0.25, 0.3) is 0 Å². The van der Waals surface area contributed by atoms with E-state index < -0.39 is 0 Å². The SMILES string of the molecule is Oc1cc(Br)c(Cl)cc1Cl. The molecule has 54 valence electrons. The number of hydrogen-bond acceptors (Lipinski definition) is 1. The molecule has 0 fully saturated rings. The van der Waals surface area contributed by atoms with Crippen molar-refractivity contribution >= 4 is 39.1 Å². The standard InChI is InChI=1S/C6H3BrCl2O/c7-3-1-6(10)5(9)2-4(3)8/h1-2,10H. The molecule has 0 unspecified atom stereocenters. The number of phenols is 1. The Morgan fingerprint density at radius 2 is 1.80 bits per heavy atom. The third-order valence-electron chi connectivity index (χ3n) is 0.990. The third-order valence-corrected chi connectivity index (χ3v) is 2.49. The molecule has 10 heavy (non-hydrogen) atoms. The van der Waals surface area contributed by atoms with Crippen molar-refractivity contribution in [2.24, 2.45) is 0 Å². The van der Waals surface area contributed by atoms with Crippen LogP contribution in [-0.4, -0.2) is 5.11 Å². The summed E-state index contributed by atoms with van der Waals surface area (Å²) in [6.07, 6.45) is 0. The highest BCUT2D eigenvalue weighted by atomic mass is 79.9. The van der Waals surface area contributed by atoms with Crippen LogP contribution < -0.4 is 0 Å². The molecule has 0 saturated heterocycles. The number of halogens is 3. The summed E-state index contributed by atoms with van der Waals surface area (Å²) in [5, 5.41) is 9.75. The molecule has 1 nitrogen and oxygen atoms in total. The van der Waals surface area contributed by atoms with Crippen molar-refractivity contribution in [3.8, 4) is 5.75 Å². The van der Waals surface area contributed by atoms with Crippen LogP contribution in [-0.2, 0) is 0 Å². The second-order valence-electron chi connectivity index (χ2n) is 1.72. The fraction of sp³-hybridized carbons (Fsp3) is 0. The van der Waals surface area contributed by atoms with Gasteiger partial charge in [0.15, 0.2) is 0 Å². The third kappa shape index (κ3) is 1.57. The summed E-state index contributed by atoms with van der Waals surface area (Å²) in [5.41, 5.74) is 0. The van der Waals surface area contributed by atoms with Crippen LogP contribution in [0.4, 0.5) is 0 Å². The summed E-state index contributed by atoms with van der Waals surface area (Å²) in [5.74, 6) is 0.0259. The maximum atomic E-state index is 9.00. The summed E-state index contributed by atoms with van der Waals surface area (Å²) in [6.45, 7) is 0. The van der Waals surface area contributed by atoms with Crippen molar-refractivity contribution in [3.63, 3.8) is 0 Å². The van der Waals surface area contributed by atoms with Gasteiger partial charge in [0, 0.05) is 4.47 Å². The van der Waals surface area contributed by atoms with Gasteiger partial charge in [-0.3, -0.25) is 0 Å². The van der Waals surface area contributed by atoms with Gasteiger partial charge < -0.3 is 5.11 Å². The van der Waals surface area contributed by atoms with E-state index in [1.807, 2.05) is 0 Å². The zero-order valence-corrected chi connectivity index (χ0v) is 7.83. The summed E-state index contributed by atoms with van der Waals surface area (Å²) >= 11 is 14.3. The van der Waals surface area contributed by atoms with Crippen molar-refractivity contribution in [2.75, 3.05) is 0 Å². The van der Waals surface area contributed by atoms with Crippen molar-refractivity contribution in [1.29, 1.82) is 0 Å². The Labute approximate surface area is 76.7 Å². The highest BCUT2D eigenvalue weighted by molar-refractivity contribution is 9.10. The Morgan fingerprint density at radius 3 is 2.30 bits per heavy atom. The summed E-state index contributed by atoms with van der Waals surface area (Å²) in [4.78, 5) is 0. The fourth-order valence-corrected chi connectivity index (χ4v) is 1.23. The largest absolute Gasteiger partial charge is 0.506 e. The molecule has 0 saturated carbocycles. The van der Waals surface area contributed by atoms with Gasteiger partial charge in [0.2, 0.25) is 0 Å². The molecule has 1 aromatic carbocycles. The van der Waals surface area contributed by atoms with E-state index in [9.17, 15) is 0 Å². The zero-order chi connectivity index (χ0) is 7.72. The van der Waals surface area contributed by atoms with E-state index in [0.29, 0.717) is 9.50 Å². The van der Waals surface area contributed by atoms with Crippen molar-refractivity contribution in [1.82, 2.24) is 0 Å². The lowest BCUT2D eigenvalue weighted by Crippen LogP contribution is -1.71. The number of rotatable bonds is 0. The van der Waals surface area contributed by atoms with Gasteiger partial charge in [0.25, 0.3) is 0 Å². The molecule has 1 aromatic rings. The van der Waals surface area contributed by atoms with E-state index in [1.165, 1.54) is 12.1 Å². The maximum Gasteiger partial charge on any atom is 0.135 e. The van der Waals surface area contributed by atoms with Crippen LogP contribution in [0, 0.1) is 0 Å². The van der Waals surface area contributed by atoms with E-state index in [0.717, 1.165) is 0 Å². The molecule has 1 rings (SSSR count). The van der Waals surface area contributed by atoms with Crippen molar-refractivity contribution in [3.05, 3.63) is 26.7 Å². The minimum atomic E-state index is 0.0259. The van der Waals surface area contributed by atoms with Gasteiger partial charge >= 0.3 is 0 Å². The first kappa shape index (κ1) is 8.18. The van der Waals surface area contributed by atoms with Gasteiger partial charge in [-0.15, -0.1) is 0 Å². The molecule has 1 N–H and O–H groups in total. The van der Waals surface area contributed by atoms with Crippen LogP contribution in [0.15, 0.2) is 16.6 Å². The van der Waals surface area contributed by atoms with Gasteiger partial charge in [0.05, 0.1) is 10.0 Å². The smallest absolute Gasteiger partial charge is 0.135 e. The van der Waals surface area contributed by atoms with E-state index >= 15 is 0 Å². The highest BCUT2D eigenvalue weighted by Crippen LogP contribution is 2.32. The number of benzene rings is 1. The van der Waals surface area contributed by atoms with Gasteiger partial charge in [0.1, 0.15) is 5.75 Å². The predicted molar refractivity (Wildman–Crippen MR) is 45.8 cm³/mol. The van der Waals surface area contributed by atoms with Gasteiger partial charge in [-0.2, -0.15) is 0 Å². The van der Waals surface area contributed by atoms with Crippen molar-refractivity contribution < 1.29 is 5.11 Å². The second kappa shape index (κ2) is 2.99. The second-order valence-corrected chi connectivity index (χ2v) is 3.39. The van der Waals surface area contributed by atoms with E-state index in [2.05, 4.69) is 15.9 Å². The van der Waals surface area contributed by atoms with Crippen LogP contribution in [0.2, 0.25) is 10.0 Å². The molecule has 4 heteroatoms. The van der Waals surface area contributed by atoms with Crippen LogP contribution in [0.5, 0.6) is 5.75 Å². The first-order valence-corrected chi connectivity index (χ1v) is 3.99. The number of aromatic hydroxyl groups is 1. The molecule has 0 spiro atoms. The van der Waals surface area contributed by atoms with Crippen LogP contribution in [0.1, 0.15) is 0 Å². The minimum Gasteiger partial charge on any atom is -0.506 e. The number of hydrogen-bond donors (Lipinski definition) is 1. The Balaban J connectivity index is 3.28. The fourth-order valence-electron chi connectivity index (χ4n) is 0.512. The molecular formula is C6H3BrCl2O. The minimum absolute atomic E-state index is 0.0259. The lowest BCUT2D eigenvalue weighted by molar-refractivity contribution is 0.475. The molecule has 0 aliphatic carbocycles. The molecule has 0 heterocycles. The summed E-state index contributed by atoms with van der Waals surface area (Å²) in [6, 6.07) is 2.92. The monoisotopic (exact) mass is 240 g/mol. The summed E-state index contributed by atoms with van der Waals surface area (Å²) < 4.78 is 0.635. The Morgan fingerprint density at radius 1 is 1.20 bits per heavy atom. The topological polar surface area (TPSA) is 20.2 Å².